The molecule has 2 rings (SSSR count). The second-order valence-corrected chi connectivity index (χ2v) is 3.65. The van der Waals surface area contributed by atoms with Crippen molar-refractivity contribution < 1.29 is 4.79 Å². The highest BCUT2D eigenvalue weighted by Gasteiger charge is 2.06. The summed E-state index contributed by atoms with van der Waals surface area (Å²) in [6.45, 7) is 0. The number of hydrogen-bond donors (Lipinski definition) is 2. The normalized spacial score (nSPS) is 9.94. The van der Waals surface area contributed by atoms with Crippen molar-refractivity contribution >= 4 is 23.2 Å². The molecule has 0 radical (unpaired) electrons. The summed E-state index contributed by atoms with van der Waals surface area (Å²) in [6.07, 6.45) is 2.85. The molecule has 0 unspecified atom stereocenters. The summed E-state index contributed by atoms with van der Waals surface area (Å²) >= 11 is 5.62. The molecule has 0 aliphatic rings. The molecule has 5 nitrogen and oxygen atoms in total. The van der Waals surface area contributed by atoms with Crippen molar-refractivity contribution in [3.05, 3.63) is 57.7 Å². The van der Waals surface area contributed by atoms with E-state index in [9.17, 15) is 9.59 Å². The van der Waals surface area contributed by atoms with E-state index in [0.29, 0.717) is 10.8 Å². The van der Waals surface area contributed by atoms with E-state index in [0.717, 1.165) is 0 Å². The monoisotopic (exact) mass is 249 g/mol. The first-order chi connectivity index (χ1) is 8.15. The lowest BCUT2D eigenvalue weighted by Crippen LogP contribution is -2.15. The largest absolute Gasteiger partial charge is 0.329 e. The number of halogens is 1. The lowest BCUT2D eigenvalue weighted by molar-refractivity contribution is 0.102. The number of carbonyl (C=O) groups is 1. The van der Waals surface area contributed by atoms with Gasteiger partial charge in [0, 0.05) is 17.8 Å². The van der Waals surface area contributed by atoms with Gasteiger partial charge in [-0.05, 0) is 18.2 Å². The second-order valence-electron chi connectivity index (χ2n) is 3.27. The molecule has 6 heteroatoms. The molecule has 1 amide bonds. The zero-order valence-electron chi connectivity index (χ0n) is 8.61. The fourth-order valence-corrected chi connectivity index (χ4v) is 1.35. The highest BCUT2D eigenvalue weighted by Crippen LogP contribution is 2.10. The Hall–Kier alpha value is -2.14. The van der Waals surface area contributed by atoms with E-state index in [4.69, 9.17) is 11.6 Å². The average molecular weight is 250 g/mol. The van der Waals surface area contributed by atoms with Crippen LogP contribution in [-0.2, 0) is 0 Å². The van der Waals surface area contributed by atoms with Crippen molar-refractivity contribution in [3.63, 3.8) is 0 Å². The maximum Gasteiger partial charge on any atom is 0.255 e. The lowest BCUT2D eigenvalue weighted by atomic mass is 10.2. The van der Waals surface area contributed by atoms with E-state index in [1.165, 1.54) is 24.5 Å². The third-order valence-electron chi connectivity index (χ3n) is 2.02. The minimum atomic E-state index is -0.375. The Morgan fingerprint density at radius 2 is 2.18 bits per heavy atom. The minimum absolute atomic E-state index is 0.281. The molecule has 2 N–H and O–H groups in total. The van der Waals surface area contributed by atoms with Gasteiger partial charge in [0.2, 0.25) is 5.56 Å². The topological polar surface area (TPSA) is 74.8 Å². The molecule has 0 atom stereocenters. The summed E-state index contributed by atoms with van der Waals surface area (Å²) in [5.74, 6) is -0.375. The fourth-order valence-electron chi connectivity index (χ4n) is 1.24. The first-order valence-corrected chi connectivity index (χ1v) is 5.14. The molecule has 0 aliphatic carbocycles. The first kappa shape index (κ1) is 11.3. The third kappa shape index (κ3) is 2.92. The molecule has 0 aromatic carbocycles. The number of aromatic amines is 1. The standard InChI is InChI=1S/C11H8ClN3O2/c12-9-2-1-8(6-14-9)15-11(17)7-3-4-13-10(16)5-7/h1-6H,(H,13,16)(H,15,17). The minimum Gasteiger partial charge on any atom is -0.329 e. The van der Waals surface area contributed by atoms with E-state index in [1.807, 2.05) is 0 Å². The van der Waals surface area contributed by atoms with Crippen LogP contribution in [0.4, 0.5) is 5.69 Å². The number of anilines is 1. The van der Waals surface area contributed by atoms with Crippen LogP contribution in [0, 0.1) is 0 Å². The molecule has 0 saturated carbocycles. The van der Waals surface area contributed by atoms with Gasteiger partial charge in [-0.2, -0.15) is 0 Å². The van der Waals surface area contributed by atoms with Gasteiger partial charge in [-0.1, -0.05) is 11.6 Å². The first-order valence-electron chi connectivity index (χ1n) is 4.77. The summed E-state index contributed by atoms with van der Waals surface area (Å²) < 4.78 is 0. The van der Waals surface area contributed by atoms with E-state index in [1.54, 1.807) is 12.1 Å². The molecule has 0 spiro atoms. The number of carbonyl (C=O) groups excluding carboxylic acids is 1. The van der Waals surface area contributed by atoms with Crippen LogP contribution in [0.25, 0.3) is 0 Å². The van der Waals surface area contributed by atoms with Gasteiger partial charge in [0.05, 0.1) is 11.9 Å². The predicted molar refractivity (Wildman–Crippen MR) is 64.3 cm³/mol. The molecule has 17 heavy (non-hydrogen) atoms. The molecule has 2 aromatic rings. The zero-order valence-corrected chi connectivity index (χ0v) is 9.36. The highest BCUT2D eigenvalue weighted by atomic mass is 35.5. The Balaban J connectivity index is 2.17. The van der Waals surface area contributed by atoms with Crippen molar-refractivity contribution in [3.8, 4) is 0 Å². The summed E-state index contributed by atoms with van der Waals surface area (Å²) in [7, 11) is 0. The van der Waals surface area contributed by atoms with Crippen LogP contribution in [0.5, 0.6) is 0 Å². The Kier molecular flexibility index (Phi) is 3.20. The summed E-state index contributed by atoms with van der Waals surface area (Å²) in [6, 6.07) is 5.92. The maximum atomic E-state index is 11.7. The van der Waals surface area contributed by atoms with E-state index >= 15 is 0 Å². The molecule has 0 bridgehead atoms. The van der Waals surface area contributed by atoms with Gasteiger partial charge >= 0.3 is 0 Å². The van der Waals surface area contributed by atoms with Gasteiger partial charge in [-0.25, -0.2) is 4.98 Å². The van der Waals surface area contributed by atoms with Gasteiger partial charge in [-0.3, -0.25) is 9.59 Å². The molecule has 2 heterocycles. The highest BCUT2D eigenvalue weighted by molar-refractivity contribution is 6.29. The van der Waals surface area contributed by atoms with Gasteiger partial charge in [0.25, 0.3) is 5.91 Å². The van der Waals surface area contributed by atoms with Gasteiger partial charge in [-0.15, -0.1) is 0 Å². The van der Waals surface area contributed by atoms with Gasteiger partial charge < -0.3 is 10.3 Å². The van der Waals surface area contributed by atoms with Gasteiger partial charge in [0.15, 0.2) is 0 Å². The fraction of sp³-hybridized carbons (Fsp3) is 0. The lowest BCUT2D eigenvalue weighted by Gasteiger charge is -2.03. The van der Waals surface area contributed by atoms with Crippen LogP contribution >= 0.6 is 11.6 Å². The van der Waals surface area contributed by atoms with Crippen molar-refractivity contribution in [2.75, 3.05) is 5.32 Å². The molecule has 0 saturated heterocycles. The Labute approximate surface area is 101 Å². The number of pyridine rings is 2. The smallest absolute Gasteiger partial charge is 0.255 e. The summed E-state index contributed by atoms with van der Waals surface area (Å²) in [5.41, 5.74) is 0.468. The van der Waals surface area contributed by atoms with Crippen molar-refractivity contribution in [1.29, 1.82) is 0 Å². The van der Waals surface area contributed by atoms with Crippen molar-refractivity contribution in [1.82, 2.24) is 9.97 Å². The molecule has 2 aromatic heterocycles. The number of hydrogen-bond acceptors (Lipinski definition) is 3. The van der Waals surface area contributed by atoms with Crippen molar-refractivity contribution in [2.45, 2.75) is 0 Å². The number of nitrogens with one attached hydrogen (secondary N) is 2. The van der Waals surface area contributed by atoms with Crippen LogP contribution in [0.1, 0.15) is 10.4 Å². The maximum absolute atomic E-state index is 11.7. The number of nitrogens with zero attached hydrogens (tertiary/aromatic N) is 1. The SMILES string of the molecule is O=C(Nc1ccc(Cl)nc1)c1cc[nH]c(=O)c1. The third-order valence-corrected chi connectivity index (χ3v) is 2.25. The molecule has 0 aliphatic heterocycles. The Morgan fingerprint density at radius 1 is 1.35 bits per heavy atom. The quantitative estimate of drug-likeness (QED) is 0.795. The van der Waals surface area contributed by atoms with Crippen LogP contribution in [-0.4, -0.2) is 15.9 Å². The van der Waals surface area contributed by atoms with Crippen LogP contribution < -0.4 is 10.9 Å². The second kappa shape index (κ2) is 4.80. The van der Waals surface area contributed by atoms with Crippen molar-refractivity contribution in [2.24, 2.45) is 0 Å². The van der Waals surface area contributed by atoms with E-state index in [2.05, 4.69) is 15.3 Å². The van der Waals surface area contributed by atoms with Crippen LogP contribution in [0.2, 0.25) is 5.15 Å². The summed E-state index contributed by atoms with van der Waals surface area (Å²) in [5, 5.41) is 2.95. The number of aromatic nitrogens is 2. The number of H-pyrrole nitrogens is 1. The number of rotatable bonds is 2. The number of amides is 1. The molecular weight excluding hydrogens is 242 g/mol. The van der Waals surface area contributed by atoms with Crippen LogP contribution in [0.3, 0.4) is 0 Å². The molecular formula is C11H8ClN3O2. The van der Waals surface area contributed by atoms with Gasteiger partial charge in [0.1, 0.15) is 5.15 Å². The zero-order chi connectivity index (χ0) is 12.3. The Morgan fingerprint density at radius 3 is 2.82 bits per heavy atom. The molecule has 0 fully saturated rings. The van der Waals surface area contributed by atoms with E-state index < -0.39 is 0 Å². The average Bonchev–Trinajstić information content (AvgIpc) is 2.32. The molecule has 86 valence electrons. The Bertz CT molecular complexity index is 592. The predicted octanol–water partition coefficient (Wildman–Crippen LogP) is 1.68. The van der Waals surface area contributed by atoms with E-state index in [-0.39, 0.29) is 17.0 Å². The summed E-state index contributed by atoms with van der Waals surface area (Å²) in [4.78, 5) is 29.0. The van der Waals surface area contributed by atoms with Crippen LogP contribution in [0.15, 0.2) is 41.5 Å².